The van der Waals surface area contributed by atoms with E-state index in [2.05, 4.69) is 15.7 Å². The van der Waals surface area contributed by atoms with Crippen molar-refractivity contribution in [3.8, 4) is 11.8 Å². The number of alkyl halides is 2. The van der Waals surface area contributed by atoms with Crippen molar-refractivity contribution in [1.29, 1.82) is 5.26 Å². The van der Waals surface area contributed by atoms with Gasteiger partial charge in [-0.1, -0.05) is 12.1 Å². The largest absolute Gasteiger partial charge is 0.435 e. The Bertz CT molecular complexity index is 700. The zero-order valence-corrected chi connectivity index (χ0v) is 13.2. The molecule has 0 N–H and O–H groups in total. The second-order valence-corrected chi connectivity index (χ2v) is 5.87. The molecule has 0 spiro atoms. The van der Waals surface area contributed by atoms with Gasteiger partial charge in [0.25, 0.3) is 0 Å². The van der Waals surface area contributed by atoms with Gasteiger partial charge in [-0.05, 0) is 60.7 Å². The summed E-state index contributed by atoms with van der Waals surface area (Å²) >= 11 is 0. The van der Waals surface area contributed by atoms with E-state index in [4.69, 9.17) is 5.26 Å². The number of ether oxygens (including phenoxy) is 1. The molecule has 0 unspecified atom stereocenters. The van der Waals surface area contributed by atoms with Crippen LogP contribution in [0.3, 0.4) is 0 Å². The minimum Gasteiger partial charge on any atom is -0.435 e. The van der Waals surface area contributed by atoms with Crippen LogP contribution in [0.5, 0.6) is 5.75 Å². The zero-order chi connectivity index (χ0) is 16.9. The van der Waals surface area contributed by atoms with Gasteiger partial charge in [0.1, 0.15) is 5.75 Å². The number of hydrogen-bond donors (Lipinski definition) is 0. The topological polar surface area (TPSA) is 36.3 Å². The van der Waals surface area contributed by atoms with E-state index in [0.717, 1.165) is 31.6 Å². The van der Waals surface area contributed by atoms with Crippen molar-refractivity contribution in [3.63, 3.8) is 0 Å². The number of nitriles is 1. The van der Waals surface area contributed by atoms with Gasteiger partial charge in [-0.2, -0.15) is 14.0 Å². The third-order valence-electron chi connectivity index (χ3n) is 4.43. The first kappa shape index (κ1) is 16.3. The molecule has 3 rings (SSSR count). The van der Waals surface area contributed by atoms with E-state index in [-0.39, 0.29) is 5.75 Å². The highest BCUT2D eigenvalue weighted by Gasteiger charge is 2.21. The Morgan fingerprint density at radius 2 is 1.62 bits per heavy atom. The quantitative estimate of drug-likeness (QED) is 0.826. The fraction of sp³-hybridized carbons (Fsp3) is 0.316. The van der Waals surface area contributed by atoms with E-state index in [1.807, 2.05) is 36.4 Å². The minimum atomic E-state index is -2.79. The molecule has 1 fully saturated rings. The number of halogens is 2. The van der Waals surface area contributed by atoms with Crippen LogP contribution >= 0.6 is 0 Å². The first-order chi connectivity index (χ1) is 11.7. The van der Waals surface area contributed by atoms with Crippen LogP contribution in [0.4, 0.5) is 14.5 Å². The van der Waals surface area contributed by atoms with E-state index >= 15 is 0 Å². The molecule has 0 amide bonds. The highest BCUT2D eigenvalue weighted by Crippen LogP contribution is 2.31. The van der Waals surface area contributed by atoms with E-state index in [0.29, 0.717) is 11.5 Å². The fourth-order valence-electron chi connectivity index (χ4n) is 3.14. The predicted molar refractivity (Wildman–Crippen MR) is 88.4 cm³/mol. The van der Waals surface area contributed by atoms with Crippen LogP contribution in [-0.4, -0.2) is 19.7 Å². The molecule has 0 saturated carbocycles. The van der Waals surface area contributed by atoms with Crippen LogP contribution in [0.15, 0.2) is 48.5 Å². The lowest BCUT2D eigenvalue weighted by atomic mass is 9.89. The van der Waals surface area contributed by atoms with Crippen LogP contribution in [-0.2, 0) is 0 Å². The van der Waals surface area contributed by atoms with Gasteiger partial charge in [-0.15, -0.1) is 0 Å². The minimum absolute atomic E-state index is 0.182. The Morgan fingerprint density at radius 3 is 2.17 bits per heavy atom. The number of piperidine rings is 1. The molecule has 5 heteroatoms. The summed E-state index contributed by atoms with van der Waals surface area (Å²) in [6.07, 6.45) is 2.06. The van der Waals surface area contributed by atoms with Crippen molar-refractivity contribution in [2.24, 2.45) is 0 Å². The molecule has 24 heavy (non-hydrogen) atoms. The molecule has 0 aromatic heterocycles. The average Bonchev–Trinajstić information content (AvgIpc) is 2.62. The van der Waals surface area contributed by atoms with Gasteiger partial charge in [0.15, 0.2) is 0 Å². The van der Waals surface area contributed by atoms with Gasteiger partial charge >= 0.3 is 6.61 Å². The third kappa shape index (κ3) is 3.83. The molecule has 124 valence electrons. The van der Waals surface area contributed by atoms with E-state index in [1.165, 1.54) is 5.56 Å². The predicted octanol–water partition coefficient (Wildman–Crippen LogP) is 4.54. The van der Waals surface area contributed by atoms with Crippen molar-refractivity contribution in [3.05, 3.63) is 59.7 Å². The maximum absolute atomic E-state index is 12.2. The molecule has 2 aromatic carbocycles. The maximum atomic E-state index is 12.2. The summed E-state index contributed by atoms with van der Waals surface area (Å²) in [5, 5.41) is 8.86. The van der Waals surface area contributed by atoms with Gasteiger partial charge in [-0.25, -0.2) is 0 Å². The Hall–Kier alpha value is -2.61. The molecular weight excluding hydrogens is 310 g/mol. The summed E-state index contributed by atoms with van der Waals surface area (Å²) in [6, 6.07) is 16.7. The van der Waals surface area contributed by atoms with Gasteiger partial charge < -0.3 is 9.64 Å². The first-order valence-corrected chi connectivity index (χ1v) is 7.95. The van der Waals surface area contributed by atoms with Gasteiger partial charge in [0.2, 0.25) is 0 Å². The lowest BCUT2D eigenvalue weighted by Gasteiger charge is -2.34. The van der Waals surface area contributed by atoms with Crippen molar-refractivity contribution in [2.45, 2.75) is 25.4 Å². The zero-order valence-electron chi connectivity index (χ0n) is 13.2. The Balaban J connectivity index is 1.59. The number of rotatable bonds is 4. The SMILES string of the molecule is N#Cc1ccc(C2CCN(c3ccc(OC(F)F)cc3)CC2)cc1. The van der Waals surface area contributed by atoms with Crippen LogP contribution in [0.25, 0.3) is 0 Å². The summed E-state index contributed by atoms with van der Waals surface area (Å²) in [4.78, 5) is 2.26. The molecule has 0 radical (unpaired) electrons. The number of nitrogens with zero attached hydrogens (tertiary/aromatic N) is 2. The second-order valence-electron chi connectivity index (χ2n) is 5.87. The van der Waals surface area contributed by atoms with Crippen LogP contribution in [0, 0.1) is 11.3 Å². The van der Waals surface area contributed by atoms with E-state index < -0.39 is 6.61 Å². The number of benzene rings is 2. The van der Waals surface area contributed by atoms with Gasteiger partial charge in [0, 0.05) is 18.8 Å². The number of hydrogen-bond acceptors (Lipinski definition) is 3. The molecule has 0 aliphatic carbocycles. The second kappa shape index (κ2) is 7.31. The Kier molecular flexibility index (Phi) is 4.95. The van der Waals surface area contributed by atoms with Crippen molar-refractivity contribution < 1.29 is 13.5 Å². The lowest BCUT2D eigenvalue weighted by molar-refractivity contribution is -0.0498. The van der Waals surface area contributed by atoms with Crippen LogP contribution in [0.1, 0.15) is 29.9 Å². The van der Waals surface area contributed by atoms with Crippen molar-refractivity contribution in [2.75, 3.05) is 18.0 Å². The van der Waals surface area contributed by atoms with Gasteiger partial charge in [-0.3, -0.25) is 0 Å². The smallest absolute Gasteiger partial charge is 0.387 e. The molecule has 1 heterocycles. The van der Waals surface area contributed by atoms with Crippen molar-refractivity contribution in [1.82, 2.24) is 0 Å². The number of anilines is 1. The molecular formula is C19H18F2N2O. The molecule has 1 saturated heterocycles. The highest BCUT2D eigenvalue weighted by molar-refractivity contribution is 5.49. The summed E-state index contributed by atoms with van der Waals surface area (Å²) in [7, 11) is 0. The van der Waals surface area contributed by atoms with Crippen LogP contribution < -0.4 is 9.64 Å². The van der Waals surface area contributed by atoms with E-state index in [9.17, 15) is 8.78 Å². The molecule has 0 bridgehead atoms. The lowest BCUT2D eigenvalue weighted by Crippen LogP contribution is -2.32. The standard InChI is InChI=1S/C19H18F2N2O/c20-19(21)24-18-7-5-17(6-8-18)23-11-9-16(10-12-23)15-3-1-14(13-22)2-4-15/h1-8,16,19H,9-12H2. The van der Waals surface area contributed by atoms with Gasteiger partial charge in [0.05, 0.1) is 11.6 Å². The Morgan fingerprint density at radius 1 is 1.00 bits per heavy atom. The molecule has 1 aliphatic heterocycles. The highest BCUT2D eigenvalue weighted by atomic mass is 19.3. The van der Waals surface area contributed by atoms with Crippen molar-refractivity contribution >= 4 is 5.69 Å². The Labute approximate surface area is 140 Å². The summed E-state index contributed by atoms with van der Waals surface area (Å²) < 4.78 is 28.7. The maximum Gasteiger partial charge on any atom is 0.387 e. The summed E-state index contributed by atoms with van der Waals surface area (Å²) in [6.45, 7) is -0.960. The summed E-state index contributed by atoms with van der Waals surface area (Å²) in [5.74, 6) is 0.677. The van der Waals surface area contributed by atoms with E-state index in [1.54, 1.807) is 12.1 Å². The molecule has 2 aromatic rings. The molecule has 0 atom stereocenters. The van der Waals surface area contributed by atoms with Crippen LogP contribution in [0.2, 0.25) is 0 Å². The normalized spacial score (nSPS) is 15.3. The summed E-state index contributed by atoms with van der Waals surface area (Å²) in [5.41, 5.74) is 2.98. The first-order valence-electron chi connectivity index (χ1n) is 7.95. The molecule has 3 nitrogen and oxygen atoms in total. The molecule has 1 aliphatic rings. The fourth-order valence-corrected chi connectivity index (χ4v) is 3.14. The average molecular weight is 328 g/mol. The third-order valence-corrected chi connectivity index (χ3v) is 4.43. The monoisotopic (exact) mass is 328 g/mol.